The minimum atomic E-state index is 0.732. The van der Waals surface area contributed by atoms with Crippen molar-refractivity contribution >= 4 is 0 Å². The monoisotopic (exact) mass is 251 g/mol. The quantitative estimate of drug-likeness (QED) is 0.713. The van der Waals surface area contributed by atoms with Gasteiger partial charge in [0.15, 0.2) is 0 Å². The van der Waals surface area contributed by atoms with Gasteiger partial charge in [0.2, 0.25) is 0 Å². The predicted molar refractivity (Wildman–Crippen MR) is 79.8 cm³/mol. The fourth-order valence-corrected chi connectivity index (χ4v) is 4.26. The zero-order chi connectivity index (χ0) is 13.0. The molecule has 0 heterocycles. The topological polar surface area (TPSA) is 12.0 Å². The van der Waals surface area contributed by atoms with Gasteiger partial charge in [0, 0.05) is 12.1 Å². The van der Waals surface area contributed by atoms with Gasteiger partial charge < -0.3 is 5.32 Å². The molecule has 0 aliphatic heterocycles. The summed E-state index contributed by atoms with van der Waals surface area (Å²) in [4.78, 5) is 0. The van der Waals surface area contributed by atoms with Crippen LogP contribution < -0.4 is 5.32 Å². The van der Waals surface area contributed by atoms with Crippen LogP contribution in [0.2, 0.25) is 0 Å². The smallest absolute Gasteiger partial charge is 0.0121 e. The van der Waals surface area contributed by atoms with Crippen LogP contribution in [-0.2, 0) is 0 Å². The number of hydrogen-bond donors (Lipinski definition) is 1. The third kappa shape index (κ3) is 3.73. The van der Waals surface area contributed by atoms with Crippen LogP contribution in [0.5, 0.6) is 0 Å². The molecule has 0 bridgehead atoms. The largest absolute Gasteiger partial charge is 0.311 e. The maximum Gasteiger partial charge on any atom is 0.0121 e. The molecule has 18 heavy (non-hydrogen) atoms. The van der Waals surface area contributed by atoms with E-state index in [0.717, 1.165) is 29.8 Å². The van der Waals surface area contributed by atoms with Crippen molar-refractivity contribution in [3.05, 3.63) is 0 Å². The summed E-state index contributed by atoms with van der Waals surface area (Å²) in [5, 5.41) is 4.02. The van der Waals surface area contributed by atoms with Gasteiger partial charge in [-0.25, -0.2) is 0 Å². The number of nitrogens with one attached hydrogen (secondary N) is 1. The average molecular weight is 251 g/mol. The SMILES string of the molecule is CC1CCCC(C)C1N[C@H](C)C1CCCCCC1. The molecule has 2 fully saturated rings. The lowest BCUT2D eigenvalue weighted by molar-refractivity contribution is 0.174. The zero-order valence-corrected chi connectivity index (χ0v) is 12.8. The van der Waals surface area contributed by atoms with Crippen molar-refractivity contribution in [3.8, 4) is 0 Å². The molecule has 1 nitrogen and oxygen atoms in total. The van der Waals surface area contributed by atoms with Crippen LogP contribution in [-0.4, -0.2) is 12.1 Å². The molecule has 0 aromatic carbocycles. The molecular formula is C17H33N. The standard InChI is InChI=1S/C17H33N/c1-13-9-8-10-14(2)17(13)18-15(3)16-11-6-4-5-7-12-16/h13-18H,4-12H2,1-3H3/t13?,14?,15-,17?/m1/s1. The second-order valence-electron chi connectivity index (χ2n) is 7.12. The summed E-state index contributed by atoms with van der Waals surface area (Å²) in [6.07, 6.45) is 13.1. The van der Waals surface area contributed by atoms with Crippen molar-refractivity contribution in [1.82, 2.24) is 5.32 Å². The van der Waals surface area contributed by atoms with Crippen LogP contribution in [0.15, 0.2) is 0 Å². The average Bonchev–Trinajstić information content (AvgIpc) is 2.62. The van der Waals surface area contributed by atoms with Crippen molar-refractivity contribution in [1.29, 1.82) is 0 Å². The Kier molecular flexibility index (Phi) is 5.54. The van der Waals surface area contributed by atoms with E-state index in [9.17, 15) is 0 Å². The summed E-state index contributed by atoms with van der Waals surface area (Å²) in [5.41, 5.74) is 0. The zero-order valence-electron chi connectivity index (χ0n) is 12.8. The van der Waals surface area contributed by atoms with Crippen molar-refractivity contribution in [2.45, 2.75) is 90.6 Å². The van der Waals surface area contributed by atoms with Crippen molar-refractivity contribution < 1.29 is 0 Å². The predicted octanol–water partition coefficient (Wildman–Crippen LogP) is 4.76. The molecule has 106 valence electrons. The Bertz CT molecular complexity index is 220. The van der Waals surface area contributed by atoms with Gasteiger partial charge in [-0.2, -0.15) is 0 Å². The van der Waals surface area contributed by atoms with Crippen molar-refractivity contribution in [2.24, 2.45) is 17.8 Å². The summed E-state index contributed by atoms with van der Waals surface area (Å²) in [7, 11) is 0. The molecule has 2 unspecified atom stereocenters. The normalized spacial score (nSPS) is 37.2. The van der Waals surface area contributed by atoms with Crippen molar-refractivity contribution in [2.75, 3.05) is 0 Å². The molecule has 0 aromatic rings. The van der Waals surface area contributed by atoms with E-state index in [1.54, 1.807) is 0 Å². The first-order chi connectivity index (χ1) is 8.68. The summed E-state index contributed by atoms with van der Waals surface area (Å²) >= 11 is 0. The third-order valence-electron chi connectivity index (χ3n) is 5.61. The Morgan fingerprint density at radius 3 is 1.89 bits per heavy atom. The minimum Gasteiger partial charge on any atom is -0.311 e. The maximum absolute atomic E-state index is 4.02. The van der Waals surface area contributed by atoms with Crippen LogP contribution in [0.4, 0.5) is 0 Å². The Hall–Kier alpha value is -0.0400. The molecule has 1 N–H and O–H groups in total. The lowest BCUT2D eigenvalue weighted by atomic mass is 9.77. The van der Waals surface area contributed by atoms with Crippen LogP contribution in [0.3, 0.4) is 0 Å². The van der Waals surface area contributed by atoms with E-state index in [0.29, 0.717) is 0 Å². The Labute approximate surface area is 114 Å². The summed E-state index contributed by atoms with van der Waals surface area (Å²) in [5.74, 6) is 2.69. The molecule has 2 aliphatic rings. The third-order valence-corrected chi connectivity index (χ3v) is 5.61. The van der Waals surface area contributed by atoms with Gasteiger partial charge in [0.1, 0.15) is 0 Å². The van der Waals surface area contributed by atoms with Crippen LogP contribution in [0.25, 0.3) is 0 Å². The Morgan fingerprint density at radius 1 is 0.778 bits per heavy atom. The van der Waals surface area contributed by atoms with E-state index in [4.69, 9.17) is 0 Å². The fourth-order valence-electron chi connectivity index (χ4n) is 4.26. The molecule has 2 rings (SSSR count). The summed E-state index contributed by atoms with van der Waals surface area (Å²) < 4.78 is 0. The van der Waals surface area contributed by atoms with E-state index in [-0.39, 0.29) is 0 Å². The molecule has 0 aromatic heterocycles. The highest BCUT2D eigenvalue weighted by molar-refractivity contribution is 4.87. The Balaban J connectivity index is 1.86. The lowest BCUT2D eigenvalue weighted by Crippen LogP contribution is -2.49. The van der Waals surface area contributed by atoms with Gasteiger partial charge in [0.25, 0.3) is 0 Å². The second kappa shape index (κ2) is 6.93. The van der Waals surface area contributed by atoms with E-state index in [2.05, 4.69) is 26.1 Å². The lowest BCUT2D eigenvalue weighted by Gasteiger charge is -2.39. The van der Waals surface area contributed by atoms with Crippen LogP contribution in [0.1, 0.15) is 78.6 Å². The highest BCUT2D eigenvalue weighted by Gasteiger charge is 2.30. The number of hydrogen-bond acceptors (Lipinski definition) is 1. The first-order valence-electron chi connectivity index (χ1n) is 8.44. The van der Waals surface area contributed by atoms with Gasteiger partial charge in [0.05, 0.1) is 0 Å². The Morgan fingerprint density at radius 2 is 1.33 bits per heavy atom. The van der Waals surface area contributed by atoms with Gasteiger partial charge in [-0.1, -0.05) is 46.0 Å². The fraction of sp³-hybridized carbons (Fsp3) is 1.00. The molecule has 3 atom stereocenters. The highest BCUT2D eigenvalue weighted by atomic mass is 15.0. The molecule has 2 aliphatic carbocycles. The van der Waals surface area contributed by atoms with Gasteiger partial charge >= 0.3 is 0 Å². The van der Waals surface area contributed by atoms with Crippen LogP contribution in [0, 0.1) is 17.8 Å². The van der Waals surface area contributed by atoms with E-state index in [1.807, 2.05) is 0 Å². The second-order valence-corrected chi connectivity index (χ2v) is 7.12. The number of rotatable bonds is 3. The molecular weight excluding hydrogens is 218 g/mol. The molecule has 0 amide bonds. The highest BCUT2D eigenvalue weighted by Crippen LogP contribution is 2.31. The van der Waals surface area contributed by atoms with E-state index >= 15 is 0 Å². The van der Waals surface area contributed by atoms with Gasteiger partial charge in [-0.05, 0) is 50.4 Å². The molecule has 0 radical (unpaired) electrons. The van der Waals surface area contributed by atoms with Crippen LogP contribution >= 0.6 is 0 Å². The summed E-state index contributed by atoms with van der Waals surface area (Å²) in [6.45, 7) is 7.35. The van der Waals surface area contributed by atoms with E-state index < -0.39 is 0 Å². The van der Waals surface area contributed by atoms with Gasteiger partial charge in [-0.15, -0.1) is 0 Å². The first-order valence-corrected chi connectivity index (χ1v) is 8.44. The molecule has 0 saturated heterocycles. The van der Waals surface area contributed by atoms with E-state index in [1.165, 1.54) is 57.8 Å². The molecule has 1 heteroatoms. The molecule has 0 spiro atoms. The van der Waals surface area contributed by atoms with Gasteiger partial charge in [-0.3, -0.25) is 0 Å². The molecule has 2 saturated carbocycles. The van der Waals surface area contributed by atoms with Crippen molar-refractivity contribution in [3.63, 3.8) is 0 Å². The minimum absolute atomic E-state index is 0.732. The first kappa shape index (κ1) is 14.4. The summed E-state index contributed by atoms with van der Waals surface area (Å²) in [6, 6.07) is 1.51. The maximum atomic E-state index is 4.02.